The van der Waals surface area contributed by atoms with Crippen LogP contribution >= 0.6 is 0 Å². The van der Waals surface area contributed by atoms with Crippen molar-refractivity contribution >= 4 is 5.82 Å². The Morgan fingerprint density at radius 2 is 2.25 bits per heavy atom. The summed E-state index contributed by atoms with van der Waals surface area (Å²) in [4.78, 5) is 11.1. The Labute approximate surface area is 92.9 Å². The van der Waals surface area contributed by atoms with Gasteiger partial charge in [-0.3, -0.25) is 0 Å². The number of aromatic nitrogens is 3. The predicted octanol–water partition coefficient (Wildman–Crippen LogP) is 1.99. The van der Waals surface area contributed by atoms with Gasteiger partial charge in [0.25, 0.3) is 0 Å². The zero-order valence-electron chi connectivity index (χ0n) is 8.78. The summed E-state index contributed by atoms with van der Waals surface area (Å²) in [6.45, 7) is 0.791. The molecule has 5 heteroatoms. The lowest BCUT2D eigenvalue weighted by Crippen LogP contribution is -2.05. The van der Waals surface area contributed by atoms with Gasteiger partial charge >= 0.3 is 0 Å². The van der Waals surface area contributed by atoms with E-state index in [0.717, 1.165) is 25.2 Å². The Kier molecular flexibility index (Phi) is 3.48. The zero-order valence-corrected chi connectivity index (χ0v) is 8.78. The highest BCUT2D eigenvalue weighted by atomic mass is 19.1. The van der Waals surface area contributed by atoms with Crippen LogP contribution in [0.1, 0.15) is 12.2 Å². The van der Waals surface area contributed by atoms with E-state index in [0.29, 0.717) is 5.82 Å². The molecule has 0 aliphatic heterocycles. The first kappa shape index (κ1) is 10.6. The van der Waals surface area contributed by atoms with E-state index >= 15 is 0 Å². The quantitative estimate of drug-likeness (QED) is 0.758. The lowest BCUT2D eigenvalue weighted by atomic mass is 10.3. The SMILES string of the molecule is Fc1ccc(NCCCc2ncc[nH]2)nc1. The van der Waals surface area contributed by atoms with Crippen LogP contribution in [0.3, 0.4) is 0 Å². The molecule has 2 aromatic heterocycles. The molecule has 0 aliphatic carbocycles. The highest BCUT2D eigenvalue weighted by Crippen LogP contribution is 2.03. The second kappa shape index (κ2) is 5.25. The van der Waals surface area contributed by atoms with Crippen molar-refractivity contribution in [3.05, 3.63) is 42.4 Å². The third-order valence-corrected chi connectivity index (χ3v) is 2.18. The number of rotatable bonds is 5. The van der Waals surface area contributed by atoms with E-state index in [4.69, 9.17) is 0 Å². The minimum atomic E-state index is -0.318. The van der Waals surface area contributed by atoms with Gasteiger partial charge in [-0.2, -0.15) is 0 Å². The van der Waals surface area contributed by atoms with E-state index in [9.17, 15) is 4.39 Å². The number of aromatic amines is 1. The lowest BCUT2D eigenvalue weighted by Gasteiger charge is -2.03. The van der Waals surface area contributed by atoms with Gasteiger partial charge in [-0.25, -0.2) is 14.4 Å². The van der Waals surface area contributed by atoms with Crippen molar-refractivity contribution in [2.45, 2.75) is 12.8 Å². The monoisotopic (exact) mass is 220 g/mol. The van der Waals surface area contributed by atoms with Crippen molar-refractivity contribution in [2.24, 2.45) is 0 Å². The molecule has 0 spiro atoms. The molecular weight excluding hydrogens is 207 g/mol. The average molecular weight is 220 g/mol. The molecule has 0 fully saturated rings. The Morgan fingerprint density at radius 3 is 2.94 bits per heavy atom. The number of aryl methyl sites for hydroxylation is 1. The molecule has 84 valence electrons. The molecule has 4 nitrogen and oxygen atoms in total. The number of anilines is 1. The van der Waals surface area contributed by atoms with Crippen molar-refractivity contribution in [3.63, 3.8) is 0 Å². The van der Waals surface area contributed by atoms with Crippen LogP contribution in [0.5, 0.6) is 0 Å². The summed E-state index contributed by atoms with van der Waals surface area (Å²) < 4.78 is 12.6. The van der Waals surface area contributed by atoms with Gasteiger partial charge in [-0.05, 0) is 18.6 Å². The van der Waals surface area contributed by atoms with Crippen LogP contribution in [0, 0.1) is 5.82 Å². The molecule has 0 aromatic carbocycles. The largest absolute Gasteiger partial charge is 0.370 e. The highest BCUT2D eigenvalue weighted by molar-refractivity contribution is 5.33. The van der Waals surface area contributed by atoms with Crippen LogP contribution in [0.4, 0.5) is 10.2 Å². The van der Waals surface area contributed by atoms with Crippen LogP contribution in [-0.4, -0.2) is 21.5 Å². The zero-order chi connectivity index (χ0) is 11.2. The molecule has 0 saturated heterocycles. The van der Waals surface area contributed by atoms with Gasteiger partial charge in [-0.1, -0.05) is 0 Å². The molecule has 0 atom stereocenters. The molecule has 0 amide bonds. The van der Waals surface area contributed by atoms with Crippen LogP contribution in [-0.2, 0) is 6.42 Å². The first-order valence-electron chi connectivity index (χ1n) is 5.18. The van der Waals surface area contributed by atoms with Crippen LogP contribution in [0.25, 0.3) is 0 Å². The lowest BCUT2D eigenvalue weighted by molar-refractivity contribution is 0.621. The van der Waals surface area contributed by atoms with Gasteiger partial charge in [0, 0.05) is 25.4 Å². The molecule has 0 bridgehead atoms. The molecule has 0 aliphatic rings. The fourth-order valence-corrected chi connectivity index (χ4v) is 1.39. The van der Waals surface area contributed by atoms with Crippen molar-refractivity contribution in [2.75, 3.05) is 11.9 Å². The van der Waals surface area contributed by atoms with Gasteiger partial charge in [-0.15, -0.1) is 0 Å². The minimum absolute atomic E-state index is 0.318. The number of imidazole rings is 1. The Balaban J connectivity index is 1.70. The van der Waals surface area contributed by atoms with E-state index in [2.05, 4.69) is 20.3 Å². The van der Waals surface area contributed by atoms with Crippen LogP contribution < -0.4 is 5.32 Å². The van der Waals surface area contributed by atoms with Crippen molar-refractivity contribution in [1.82, 2.24) is 15.0 Å². The van der Waals surface area contributed by atoms with Crippen molar-refractivity contribution in [3.8, 4) is 0 Å². The summed E-state index contributed by atoms with van der Waals surface area (Å²) in [6, 6.07) is 3.02. The van der Waals surface area contributed by atoms with Gasteiger partial charge < -0.3 is 10.3 Å². The summed E-state index contributed by atoms with van der Waals surface area (Å²) in [5, 5.41) is 3.11. The van der Waals surface area contributed by atoms with E-state index in [1.54, 1.807) is 12.3 Å². The number of nitrogens with zero attached hydrogens (tertiary/aromatic N) is 2. The maximum atomic E-state index is 12.6. The first-order chi connectivity index (χ1) is 7.84. The fourth-order valence-electron chi connectivity index (χ4n) is 1.39. The normalized spacial score (nSPS) is 10.3. The van der Waals surface area contributed by atoms with Crippen LogP contribution in [0.2, 0.25) is 0 Å². The molecule has 2 heterocycles. The Hall–Kier alpha value is -1.91. The molecule has 0 unspecified atom stereocenters. The molecule has 16 heavy (non-hydrogen) atoms. The van der Waals surface area contributed by atoms with Gasteiger partial charge in [0.2, 0.25) is 0 Å². The molecule has 2 rings (SSSR count). The summed E-state index contributed by atoms with van der Waals surface area (Å²) in [5.74, 6) is 1.36. The fraction of sp³-hybridized carbons (Fsp3) is 0.273. The van der Waals surface area contributed by atoms with Crippen molar-refractivity contribution in [1.29, 1.82) is 0 Å². The number of hydrogen-bond acceptors (Lipinski definition) is 3. The maximum absolute atomic E-state index is 12.6. The van der Waals surface area contributed by atoms with Crippen molar-refractivity contribution < 1.29 is 4.39 Å². The molecule has 0 saturated carbocycles. The standard InChI is InChI=1S/C11H13FN4/c12-9-3-4-11(16-8-9)13-5-1-2-10-14-6-7-15-10/h3-4,6-8H,1-2,5H2,(H,13,16)(H,14,15). The number of pyridine rings is 1. The smallest absolute Gasteiger partial charge is 0.141 e. The van der Waals surface area contributed by atoms with Crippen LogP contribution in [0.15, 0.2) is 30.7 Å². The summed E-state index contributed by atoms with van der Waals surface area (Å²) >= 11 is 0. The molecule has 2 aromatic rings. The predicted molar refractivity (Wildman–Crippen MR) is 59.6 cm³/mol. The third kappa shape index (κ3) is 3.05. The van der Waals surface area contributed by atoms with E-state index in [-0.39, 0.29) is 5.82 Å². The van der Waals surface area contributed by atoms with Gasteiger partial charge in [0.1, 0.15) is 17.5 Å². The maximum Gasteiger partial charge on any atom is 0.141 e. The summed E-state index contributed by atoms with van der Waals surface area (Å²) in [5.41, 5.74) is 0. The summed E-state index contributed by atoms with van der Waals surface area (Å²) in [6.07, 6.45) is 6.59. The number of hydrogen-bond donors (Lipinski definition) is 2. The Bertz CT molecular complexity index is 410. The topological polar surface area (TPSA) is 53.6 Å². The number of H-pyrrole nitrogens is 1. The van der Waals surface area contributed by atoms with Gasteiger partial charge in [0.15, 0.2) is 0 Å². The number of halogens is 1. The molecule has 0 radical (unpaired) electrons. The third-order valence-electron chi connectivity index (χ3n) is 2.18. The number of nitrogens with one attached hydrogen (secondary N) is 2. The summed E-state index contributed by atoms with van der Waals surface area (Å²) in [7, 11) is 0. The van der Waals surface area contributed by atoms with E-state index in [1.807, 2.05) is 6.20 Å². The average Bonchev–Trinajstić information content (AvgIpc) is 2.80. The second-order valence-electron chi connectivity index (χ2n) is 3.43. The van der Waals surface area contributed by atoms with Gasteiger partial charge in [0.05, 0.1) is 6.20 Å². The Morgan fingerprint density at radius 1 is 1.31 bits per heavy atom. The minimum Gasteiger partial charge on any atom is -0.370 e. The van der Waals surface area contributed by atoms with E-state index in [1.165, 1.54) is 12.3 Å². The van der Waals surface area contributed by atoms with E-state index < -0.39 is 0 Å². The molecule has 2 N–H and O–H groups in total. The first-order valence-corrected chi connectivity index (χ1v) is 5.18. The second-order valence-corrected chi connectivity index (χ2v) is 3.43. The highest BCUT2D eigenvalue weighted by Gasteiger charge is 1.96. The molecular formula is C11H13FN4.